The Hall–Kier alpha value is -1.71. The number of carboxylic acids is 1. The van der Waals surface area contributed by atoms with Crippen LogP contribution in [-0.4, -0.2) is 23.3 Å². The van der Waals surface area contributed by atoms with Crippen LogP contribution in [-0.2, 0) is 11.2 Å². The average molecular weight is 238 g/mol. The summed E-state index contributed by atoms with van der Waals surface area (Å²) in [6.07, 6.45) is 3.66. The predicted octanol–water partition coefficient (Wildman–Crippen LogP) is 2.59. The lowest BCUT2D eigenvalue weighted by molar-refractivity contribution is -0.137. The van der Waals surface area contributed by atoms with Crippen molar-refractivity contribution < 1.29 is 19.7 Å². The van der Waals surface area contributed by atoms with Crippen molar-refractivity contribution in [3.8, 4) is 11.5 Å². The van der Waals surface area contributed by atoms with Gasteiger partial charge in [0, 0.05) is 6.42 Å². The number of hydrogen-bond acceptors (Lipinski definition) is 3. The quantitative estimate of drug-likeness (QED) is 0.716. The van der Waals surface area contributed by atoms with Gasteiger partial charge in [-0.3, -0.25) is 4.79 Å². The van der Waals surface area contributed by atoms with Crippen LogP contribution in [0.15, 0.2) is 18.2 Å². The molecule has 0 saturated carbocycles. The summed E-state index contributed by atoms with van der Waals surface area (Å²) in [5.74, 6) is -0.119. The lowest BCUT2D eigenvalue weighted by atomic mass is 10.1. The maximum atomic E-state index is 10.3. The molecule has 0 bridgehead atoms. The molecule has 1 aromatic rings. The fraction of sp³-hybridized carbons (Fsp3) is 0.462. The van der Waals surface area contributed by atoms with Gasteiger partial charge in [-0.05, 0) is 37.0 Å². The molecule has 0 radical (unpaired) electrons. The second-order valence-corrected chi connectivity index (χ2v) is 3.96. The van der Waals surface area contributed by atoms with Crippen LogP contribution >= 0.6 is 0 Å². The predicted molar refractivity (Wildman–Crippen MR) is 64.5 cm³/mol. The molecule has 0 aliphatic rings. The molecule has 0 aromatic heterocycles. The van der Waals surface area contributed by atoms with Crippen LogP contribution in [0, 0.1) is 0 Å². The van der Waals surface area contributed by atoms with Crippen molar-refractivity contribution in [1.82, 2.24) is 0 Å². The van der Waals surface area contributed by atoms with Gasteiger partial charge < -0.3 is 14.9 Å². The highest BCUT2D eigenvalue weighted by atomic mass is 16.5. The highest BCUT2D eigenvalue weighted by Crippen LogP contribution is 2.26. The summed E-state index contributed by atoms with van der Waals surface area (Å²) in [4.78, 5) is 10.3. The number of benzene rings is 1. The number of ether oxygens (including phenoxy) is 1. The zero-order chi connectivity index (χ0) is 12.7. The van der Waals surface area contributed by atoms with E-state index in [0.717, 1.165) is 24.8 Å². The number of aliphatic carboxylic acids is 1. The topological polar surface area (TPSA) is 66.8 Å². The minimum atomic E-state index is -0.740. The van der Waals surface area contributed by atoms with Gasteiger partial charge in [0.15, 0.2) is 11.5 Å². The largest absolute Gasteiger partial charge is 0.504 e. The van der Waals surface area contributed by atoms with E-state index in [1.165, 1.54) is 7.11 Å². The van der Waals surface area contributed by atoms with Crippen molar-refractivity contribution in [3.05, 3.63) is 23.8 Å². The van der Waals surface area contributed by atoms with E-state index in [9.17, 15) is 9.90 Å². The standard InChI is InChI=1S/C13H18O4/c1-17-12-9-10(7-8-11(12)14)5-3-2-4-6-13(15)16/h7-9,14H,2-6H2,1H3,(H,15,16). The number of hydrogen-bond donors (Lipinski definition) is 2. The van der Waals surface area contributed by atoms with Gasteiger partial charge in [0.05, 0.1) is 7.11 Å². The van der Waals surface area contributed by atoms with Crippen LogP contribution in [0.3, 0.4) is 0 Å². The van der Waals surface area contributed by atoms with Gasteiger partial charge >= 0.3 is 5.97 Å². The first-order valence-electron chi connectivity index (χ1n) is 5.71. The molecule has 0 aliphatic carbocycles. The van der Waals surface area contributed by atoms with Gasteiger partial charge in [0.1, 0.15) is 0 Å². The minimum absolute atomic E-state index is 0.141. The molecule has 2 N–H and O–H groups in total. The number of aromatic hydroxyl groups is 1. The normalized spacial score (nSPS) is 10.2. The first-order chi connectivity index (χ1) is 8.13. The van der Waals surface area contributed by atoms with Crippen LogP contribution in [0.25, 0.3) is 0 Å². The third kappa shape index (κ3) is 4.76. The van der Waals surface area contributed by atoms with E-state index >= 15 is 0 Å². The maximum Gasteiger partial charge on any atom is 0.303 e. The van der Waals surface area contributed by atoms with Crippen LogP contribution < -0.4 is 4.74 Å². The molecule has 0 saturated heterocycles. The molecule has 17 heavy (non-hydrogen) atoms. The molecule has 94 valence electrons. The number of carboxylic acid groups (broad SMARTS) is 1. The Bertz CT molecular complexity index is 374. The van der Waals surface area contributed by atoms with Crippen molar-refractivity contribution in [3.63, 3.8) is 0 Å². The number of unbranched alkanes of at least 4 members (excludes halogenated alkanes) is 2. The molecule has 1 aromatic carbocycles. The molecule has 0 unspecified atom stereocenters. The number of rotatable bonds is 7. The van der Waals surface area contributed by atoms with E-state index < -0.39 is 5.97 Å². The van der Waals surface area contributed by atoms with Gasteiger partial charge in [0.2, 0.25) is 0 Å². The summed E-state index contributed by atoms with van der Waals surface area (Å²) in [7, 11) is 1.52. The van der Waals surface area contributed by atoms with Gasteiger partial charge in [0.25, 0.3) is 0 Å². The summed E-state index contributed by atoms with van der Waals surface area (Å²) >= 11 is 0. The molecule has 0 fully saturated rings. The van der Waals surface area contributed by atoms with Gasteiger partial charge in [-0.25, -0.2) is 0 Å². The summed E-state index contributed by atoms with van der Waals surface area (Å²) in [6.45, 7) is 0. The summed E-state index contributed by atoms with van der Waals surface area (Å²) < 4.78 is 5.02. The van der Waals surface area contributed by atoms with E-state index in [1.807, 2.05) is 12.1 Å². The second-order valence-electron chi connectivity index (χ2n) is 3.96. The monoisotopic (exact) mass is 238 g/mol. The zero-order valence-electron chi connectivity index (χ0n) is 9.98. The van der Waals surface area contributed by atoms with Crippen molar-refractivity contribution in [2.45, 2.75) is 32.1 Å². The molecular formula is C13H18O4. The Morgan fingerprint density at radius 2 is 2.06 bits per heavy atom. The zero-order valence-corrected chi connectivity index (χ0v) is 9.98. The molecule has 0 amide bonds. The highest BCUT2D eigenvalue weighted by molar-refractivity contribution is 5.66. The summed E-state index contributed by atoms with van der Waals surface area (Å²) in [6, 6.07) is 5.28. The first-order valence-corrected chi connectivity index (χ1v) is 5.71. The Kier molecular flexibility index (Phi) is 5.33. The molecule has 1 rings (SSSR count). The van der Waals surface area contributed by atoms with Crippen LogP contribution in [0.1, 0.15) is 31.2 Å². The van der Waals surface area contributed by atoms with E-state index in [4.69, 9.17) is 9.84 Å². The molecule has 0 heterocycles. The second kappa shape index (κ2) is 6.78. The van der Waals surface area contributed by atoms with E-state index in [2.05, 4.69) is 0 Å². The smallest absolute Gasteiger partial charge is 0.303 e. The van der Waals surface area contributed by atoms with E-state index in [-0.39, 0.29) is 12.2 Å². The average Bonchev–Trinajstić information content (AvgIpc) is 2.30. The Balaban J connectivity index is 2.34. The Morgan fingerprint density at radius 1 is 1.29 bits per heavy atom. The van der Waals surface area contributed by atoms with Crippen molar-refractivity contribution >= 4 is 5.97 Å². The molecule has 4 heteroatoms. The van der Waals surface area contributed by atoms with Crippen LogP contribution in [0.5, 0.6) is 11.5 Å². The van der Waals surface area contributed by atoms with Gasteiger partial charge in [-0.1, -0.05) is 12.5 Å². The first kappa shape index (κ1) is 13.4. The van der Waals surface area contributed by atoms with Crippen molar-refractivity contribution in [2.24, 2.45) is 0 Å². The van der Waals surface area contributed by atoms with Crippen LogP contribution in [0.4, 0.5) is 0 Å². The molecule has 0 aliphatic heterocycles. The SMILES string of the molecule is COc1cc(CCCCCC(=O)O)ccc1O. The number of aryl methyl sites for hydroxylation is 1. The number of phenols is 1. The number of carbonyl (C=O) groups is 1. The molecule has 0 spiro atoms. The van der Waals surface area contributed by atoms with E-state index in [0.29, 0.717) is 12.2 Å². The Morgan fingerprint density at radius 3 is 2.71 bits per heavy atom. The third-order valence-corrected chi connectivity index (χ3v) is 2.60. The third-order valence-electron chi connectivity index (χ3n) is 2.60. The summed E-state index contributed by atoms with van der Waals surface area (Å²) in [5, 5.41) is 17.9. The maximum absolute atomic E-state index is 10.3. The fourth-order valence-corrected chi connectivity index (χ4v) is 1.66. The lowest BCUT2D eigenvalue weighted by Gasteiger charge is -2.06. The minimum Gasteiger partial charge on any atom is -0.504 e. The fourth-order valence-electron chi connectivity index (χ4n) is 1.66. The summed E-state index contributed by atoms with van der Waals surface area (Å²) in [5.41, 5.74) is 1.09. The Labute approximate surface area is 101 Å². The van der Waals surface area contributed by atoms with Crippen molar-refractivity contribution in [1.29, 1.82) is 0 Å². The molecule has 4 nitrogen and oxygen atoms in total. The highest BCUT2D eigenvalue weighted by Gasteiger charge is 2.03. The molecule has 0 atom stereocenters. The van der Waals surface area contributed by atoms with E-state index in [1.54, 1.807) is 6.07 Å². The lowest BCUT2D eigenvalue weighted by Crippen LogP contribution is -1.94. The van der Waals surface area contributed by atoms with Crippen LogP contribution in [0.2, 0.25) is 0 Å². The van der Waals surface area contributed by atoms with Gasteiger partial charge in [-0.15, -0.1) is 0 Å². The number of methoxy groups -OCH3 is 1. The van der Waals surface area contributed by atoms with Crippen molar-refractivity contribution in [2.75, 3.05) is 7.11 Å². The number of phenolic OH excluding ortho intramolecular Hbond substituents is 1. The van der Waals surface area contributed by atoms with Gasteiger partial charge in [-0.2, -0.15) is 0 Å². The molecular weight excluding hydrogens is 220 g/mol.